The molecule has 2 amide bonds. The summed E-state index contributed by atoms with van der Waals surface area (Å²) in [5.41, 5.74) is 1.27. The van der Waals surface area contributed by atoms with Crippen LogP contribution < -0.4 is 5.32 Å². The Labute approximate surface area is 141 Å². The van der Waals surface area contributed by atoms with E-state index in [9.17, 15) is 14.4 Å². The fraction of sp³-hybridized carbons (Fsp3) is 0.500. The molecule has 2 atom stereocenters. The van der Waals surface area contributed by atoms with E-state index < -0.39 is 0 Å². The van der Waals surface area contributed by atoms with Gasteiger partial charge in [-0.15, -0.1) is 0 Å². The van der Waals surface area contributed by atoms with Crippen LogP contribution in [0, 0.1) is 11.8 Å². The van der Waals surface area contributed by atoms with E-state index in [1.54, 1.807) is 24.3 Å². The highest BCUT2D eigenvalue weighted by molar-refractivity contribution is 6.00. The van der Waals surface area contributed by atoms with E-state index in [4.69, 9.17) is 0 Å². The van der Waals surface area contributed by atoms with Gasteiger partial charge in [-0.1, -0.05) is 0 Å². The van der Waals surface area contributed by atoms with Crippen molar-refractivity contribution in [2.45, 2.75) is 13.3 Å². The summed E-state index contributed by atoms with van der Waals surface area (Å²) in [5, 5.41) is 2.84. The molecule has 1 aromatic carbocycles. The standard InChI is InChI=1S/C18H23N3O3/c1-12(22)13-3-5-14(6-4-13)19-17(23)15-11-16(15)18(24)21-9-7-20(2)8-10-21/h3-6,15-16H,7-11H2,1-2H3,(H,19,23). The molecule has 6 heteroatoms. The number of carbonyl (C=O) groups is 3. The minimum atomic E-state index is -0.232. The molecule has 1 saturated carbocycles. The summed E-state index contributed by atoms with van der Waals surface area (Å²) in [6.07, 6.45) is 0.628. The highest BCUT2D eigenvalue weighted by atomic mass is 16.2. The number of nitrogens with one attached hydrogen (secondary N) is 1. The lowest BCUT2D eigenvalue weighted by molar-refractivity contribution is -0.135. The second-order valence-electron chi connectivity index (χ2n) is 6.70. The summed E-state index contributed by atoms with van der Waals surface area (Å²) in [5.74, 6) is -0.421. The van der Waals surface area contributed by atoms with Crippen molar-refractivity contribution in [1.29, 1.82) is 0 Å². The van der Waals surface area contributed by atoms with Crippen molar-refractivity contribution in [3.8, 4) is 0 Å². The second-order valence-corrected chi connectivity index (χ2v) is 6.70. The third kappa shape index (κ3) is 3.64. The van der Waals surface area contributed by atoms with Gasteiger partial charge in [0.2, 0.25) is 11.8 Å². The smallest absolute Gasteiger partial charge is 0.228 e. The van der Waals surface area contributed by atoms with Crippen molar-refractivity contribution >= 4 is 23.3 Å². The fourth-order valence-corrected chi connectivity index (χ4v) is 3.04. The summed E-state index contributed by atoms with van der Waals surface area (Å²) in [6.45, 7) is 4.77. The van der Waals surface area contributed by atoms with E-state index in [0.717, 1.165) is 26.2 Å². The van der Waals surface area contributed by atoms with Crippen molar-refractivity contribution in [2.75, 3.05) is 38.5 Å². The van der Waals surface area contributed by atoms with Gasteiger partial charge in [-0.3, -0.25) is 14.4 Å². The summed E-state index contributed by atoms with van der Waals surface area (Å²) in [6, 6.07) is 6.82. The number of ketones is 1. The van der Waals surface area contributed by atoms with Gasteiger partial charge < -0.3 is 15.1 Å². The first-order chi connectivity index (χ1) is 11.5. The maximum Gasteiger partial charge on any atom is 0.228 e. The zero-order chi connectivity index (χ0) is 17.3. The summed E-state index contributed by atoms with van der Waals surface area (Å²) in [7, 11) is 2.05. The average Bonchev–Trinajstić information content (AvgIpc) is 3.36. The number of hydrogen-bond donors (Lipinski definition) is 1. The second kappa shape index (κ2) is 6.73. The fourth-order valence-electron chi connectivity index (χ4n) is 3.04. The van der Waals surface area contributed by atoms with Crippen LogP contribution in [-0.2, 0) is 9.59 Å². The van der Waals surface area contributed by atoms with E-state index >= 15 is 0 Å². The quantitative estimate of drug-likeness (QED) is 0.844. The van der Waals surface area contributed by atoms with Crippen molar-refractivity contribution in [3.05, 3.63) is 29.8 Å². The summed E-state index contributed by atoms with van der Waals surface area (Å²) in [4.78, 5) is 40.1. The van der Waals surface area contributed by atoms with Crippen LogP contribution >= 0.6 is 0 Å². The molecule has 1 saturated heterocycles. The summed E-state index contributed by atoms with van der Waals surface area (Å²) >= 11 is 0. The molecule has 1 aliphatic carbocycles. The molecule has 2 fully saturated rings. The number of rotatable bonds is 4. The Morgan fingerprint density at radius 2 is 1.62 bits per heavy atom. The topological polar surface area (TPSA) is 69.7 Å². The maximum absolute atomic E-state index is 12.4. The first kappa shape index (κ1) is 16.6. The molecule has 1 aliphatic heterocycles. The molecule has 0 bridgehead atoms. The number of likely N-dealkylation sites (N-methyl/N-ethyl adjacent to an activating group) is 1. The van der Waals surface area contributed by atoms with Crippen LogP contribution in [0.25, 0.3) is 0 Å². The normalized spacial score (nSPS) is 23.7. The predicted molar refractivity (Wildman–Crippen MR) is 90.8 cm³/mol. The van der Waals surface area contributed by atoms with Gasteiger partial charge in [-0.25, -0.2) is 0 Å². The highest BCUT2D eigenvalue weighted by Crippen LogP contribution is 2.41. The molecule has 0 spiro atoms. The van der Waals surface area contributed by atoms with Crippen LogP contribution in [0.15, 0.2) is 24.3 Å². The van der Waals surface area contributed by atoms with Crippen LogP contribution in [0.1, 0.15) is 23.7 Å². The molecule has 6 nitrogen and oxygen atoms in total. The third-order valence-corrected chi connectivity index (χ3v) is 4.82. The van der Waals surface area contributed by atoms with Crippen molar-refractivity contribution in [3.63, 3.8) is 0 Å². The van der Waals surface area contributed by atoms with Gasteiger partial charge in [0, 0.05) is 37.4 Å². The van der Waals surface area contributed by atoms with Gasteiger partial charge in [0.25, 0.3) is 0 Å². The number of hydrogen-bond acceptors (Lipinski definition) is 4. The molecule has 1 aromatic rings. The molecule has 0 radical (unpaired) electrons. The lowest BCUT2D eigenvalue weighted by atomic mass is 10.1. The van der Waals surface area contributed by atoms with Crippen molar-refractivity contribution in [2.24, 2.45) is 11.8 Å². The minimum absolute atomic E-state index is 0.00657. The Kier molecular flexibility index (Phi) is 4.66. The number of Topliss-reactive ketones (excluding diaryl/α,β-unsaturated/α-hetero) is 1. The van der Waals surface area contributed by atoms with Gasteiger partial charge in [0.15, 0.2) is 5.78 Å². The van der Waals surface area contributed by atoms with E-state index in [1.165, 1.54) is 6.92 Å². The van der Waals surface area contributed by atoms with Crippen LogP contribution in [0.5, 0.6) is 0 Å². The molecule has 128 valence electrons. The molecule has 1 heterocycles. The average molecular weight is 329 g/mol. The molecule has 2 unspecified atom stereocenters. The predicted octanol–water partition coefficient (Wildman–Crippen LogP) is 1.24. The Balaban J connectivity index is 1.52. The van der Waals surface area contributed by atoms with Gasteiger partial charge >= 0.3 is 0 Å². The van der Waals surface area contributed by atoms with Crippen LogP contribution in [0.4, 0.5) is 5.69 Å². The molecular formula is C18H23N3O3. The van der Waals surface area contributed by atoms with Gasteiger partial charge in [-0.05, 0) is 44.7 Å². The number of piperazine rings is 1. The Bertz CT molecular complexity index is 648. The first-order valence-corrected chi connectivity index (χ1v) is 8.35. The molecule has 1 N–H and O–H groups in total. The van der Waals surface area contributed by atoms with Gasteiger partial charge in [0.05, 0.1) is 11.8 Å². The summed E-state index contributed by atoms with van der Waals surface area (Å²) < 4.78 is 0. The number of benzene rings is 1. The number of carbonyl (C=O) groups excluding carboxylic acids is 3. The Morgan fingerprint density at radius 1 is 1.00 bits per heavy atom. The van der Waals surface area contributed by atoms with Gasteiger partial charge in [-0.2, -0.15) is 0 Å². The molecule has 0 aromatic heterocycles. The third-order valence-electron chi connectivity index (χ3n) is 4.82. The molecular weight excluding hydrogens is 306 g/mol. The van der Waals surface area contributed by atoms with E-state index in [2.05, 4.69) is 10.2 Å². The maximum atomic E-state index is 12.4. The Morgan fingerprint density at radius 3 is 2.21 bits per heavy atom. The van der Waals surface area contributed by atoms with Crippen LogP contribution in [-0.4, -0.2) is 60.6 Å². The monoisotopic (exact) mass is 329 g/mol. The molecule has 3 rings (SSSR count). The Hall–Kier alpha value is -2.21. The molecule has 24 heavy (non-hydrogen) atoms. The van der Waals surface area contributed by atoms with Crippen LogP contribution in [0.2, 0.25) is 0 Å². The molecule has 2 aliphatic rings. The van der Waals surface area contributed by atoms with E-state index in [0.29, 0.717) is 17.7 Å². The largest absolute Gasteiger partial charge is 0.340 e. The van der Waals surface area contributed by atoms with Crippen molar-refractivity contribution in [1.82, 2.24) is 9.80 Å². The number of amides is 2. The number of anilines is 1. The lowest BCUT2D eigenvalue weighted by Crippen LogP contribution is -2.48. The zero-order valence-electron chi connectivity index (χ0n) is 14.1. The number of nitrogens with zero attached hydrogens (tertiary/aromatic N) is 2. The zero-order valence-corrected chi connectivity index (χ0v) is 14.1. The highest BCUT2D eigenvalue weighted by Gasteiger charge is 2.49. The lowest BCUT2D eigenvalue weighted by Gasteiger charge is -2.32. The van der Waals surface area contributed by atoms with E-state index in [1.807, 2.05) is 11.9 Å². The van der Waals surface area contributed by atoms with Crippen molar-refractivity contribution < 1.29 is 14.4 Å². The SMILES string of the molecule is CC(=O)c1ccc(NC(=O)C2CC2C(=O)N2CCN(C)CC2)cc1. The van der Waals surface area contributed by atoms with E-state index in [-0.39, 0.29) is 29.4 Å². The minimum Gasteiger partial charge on any atom is -0.340 e. The first-order valence-electron chi connectivity index (χ1n) is 8.35. The van der Waals surface area contributed by atoms with Gasteiger partial charge in [0.1, 0.15) is 0 Å². The van der Waals surface area contributed by atoms with Crippen LogP contribution in [0.3, 0.4) is 0 Å².